The van der Waals surface area contributed by atoms with E-state index in [0.29, 0.717) is 0 Å². The zero-order valence-electron chi connectivity index (χ0n) is 18.4. The van der Waals surface area contributed by atoms with Crippen LogP contribution in [0.1, 0.15) is 30.4 Å². The Labute approximate surface area is 191 Å². The van der Waals surface area contributed by atoms with Crippen LogP contribution in [-0.2, 0) is 19.1 Å². The van der Waals surface area contributed by atoms with Crippen molar-refractivity contribution in [2.45, 2.75) is 24.8 Å². The average molecular weight is 456 g/mol. The summed E-state index contributed by atoms with van der Waals surface area (Å²) in [5.41, 5.74) is 2.84. The zero-order valence-corrected chi connectivity index (χ0v) is 18.4. The molecule has 0 aliphatic heterocycles. The highest BCUT2D eigenvalue weighted by Crippen LogP contribution is 2.44. The van der Waals surface area contributed by atoms with Gasteiger partial charge in [0.15, 0.2) is 5.54 Å². The van der Waals surface area contributed by atoms with E-state index in [9.17, 15) is 14.4 Å². The van der Waals surface area contributed by atoms with Crippen molar-refractivity contribution in [3.8, 4) is 11.1 Å². The lowest BCUT2D eigenvalue weighted by atomic mass is 9.98. The number of carboxylic acid groups (broad SMARTS) is 1. The van der Waals surface area contributed by atoms with Gasteiger partial charge in [-0.3, -0.25) is 4.79 Å². The largest absolute Gasteiger partial charge is 0.479 e. The lowest BCUT2D eigenvalue weighted by molar-refractivity contribution is -0.148. The van der Waals surface area contributed by atoms with Gasteiger partial charge in [0, 0.05) is 18.9 Å². The fourth-order valence-electron chi connectivity index (χ4n) is 3.67. The van der Waals surface area contributed by atoms with E-state index >= 15 is 0 Å². The number of alkyl carbamates (subject to hydrolysis) is 1. The number of aliphatic hydroxyl groups is 1. The molecule has 1 aliphatic carbocycles. The lowest BCUT2D eigenvalue weighted by Gasteiger charge is -2.23. The van der Waals surface area contributed by atoms with Crippen molar-refractivity contribution < 1.29 is 34.1 Å². The van der Waals surface area contributed by atoms with Crippen LogP contribution in [0, 0.1) is 0 Å². The molecule has 3 rings (SSSR count). The first-order valence-electron chi connectivity index (χ1n) is 10.7. The molecule has 2 aromatic rings. The molecule has 1 atom stereocenters. The number of ether oxygens (including phenoxy) is 2. The summed E-state index contributed by atoms with van der Waals surface area (Å²) in [6, 6.07) is 16.2. The highest BCUT2D eigenvalue weighted by atomic mass is 16.5. The second-order valence-electron chi connectivity index (χ2n) is 7.96. The number of aliphatic hydroxyl groups excluding tert-OH is 1. The lowest BCUT2D eigenvalue weighted by Crippen LogP contribution is -2.55. The SMILES string of the molecule is CC(CO)(NC(=O)CCOCCNC(=O)OCC1c2ccccc2-c2ccccc21)C(=O)O. The molecular weight excluding hydrogens is 428 g/mol. The number of nitrogens with one attached hydrogen (secondary N) is 2. The van der Waals surface area contributed by atoms with Gasteiger partial charge in [-0.25, -0.2) is 9.59 Å². The Morgan fingerprint density at radius 1 is 1.00 bits per heavy atom. The molecule has 2 amide bonds. The third-order valence-electron chi connectivity index (χ3n) is 5.54. The molecule has 1 aliphatic rings. The predicted octanol–water partition coefficient (Wildman–Crippen LogP) is 1.88. The second kappa shape index (κ2) is 10.9. The van der Waals surface area contributed by atoms with Crippen LogP contribution in [0.4, 0.5) is 4.79 Å². The molecule has 0 radical (unpaired) electrons. The van der Waals surface area contributed by atoms with Crippen molar-refractivity contribution >= 4 is 18.0 Å². The molecule has 33 heavy (non-hydrogen) atoms. The van der Waals surface area contributed by atoms with Gasteiger partial charge < -0.3 is 30.3 Å². The van der Waals surface area contributed by atoms with Gasteiger partial charge in [0.1, 0.15) is 6.61 Å². The first-order chi connectivity index (χ1) is 15.9. The van der Waals surface area contributed by atoms with Crippen LogP contribution >= 0.6 is 0 Å². The number of rotatable bonds is 11. The number of aliphatic carboxylic acids is 1. The highest BCUT2D eigenvalue weighted by molar-refractivity contribution is 5.86. The maximum absolute atomic E-state index is 12.1. The van der Waals surface area contributed by atoms with Crippen LogP contribution in [0.2, 0.25) is 0 Å². The molecule has 9 heteroatoms. The Bertz CT molecular complexity index is 964. The van der Waals surface area contributed by atoms with Crippen LogP contribution < -0.4 is 10.6 Å². The van der Waals surface area contributed by atoms with E-state index in [1.54, 1.807) is 0 Å². The molecular formula is C24H28N2O7. The molecule has 0 fully saturated rings. The summed E-state index contributed by atoms with van der Waals surface area (Å²) < 4.78 is 10.7. The minimum atomic E-state index is -1.73. The summed E-state index contributed by atoms with van der Waals surface area (Å²) in [5, 5.41) is 23.0. The van der Waals surface area contributed by atoms with Gasteiger partial charge in [-0.15, -0.1) is 0 Å². The van der Waals surface area contributed by atoms with Gasteiger partial charge in [-0.1, -0.05) is 48.5 Å². The number of amides is 2. The number of fused-ring (bicyclic) bond motifs is 3. The third-order valence-corrected chi connectivity index (χ3v) is 5.54. The molecule has 4 N–H and O–H groups in total. The van der Waals surface area contributed by atoms with Gasteiger partial charge in [0.2, 0.25) is 5.91 Å². The van der Waals surface area contributed by atoms with Crippen LogP contribution in [0.5, 0.6) is 0 Å². The molecule has 0 spiro atoms. The molecule has 176 valence electrons. The molecule has 9 nitrogen and oxygen atoms in total. The van der Waals surface area contributed by atoms with E-state index in [2.05, 4.69) is 22.8 Å². The summed E-state index contributed by atoms with van der Waals surface area (Å²) >= 11 is 0. The first kappa shape index (κ1) is 24.2. The smallest absolute Gasteiger partial charge is 0.407 e. The van der Waals surface area contributed by atoms with Crippen LogP contribution in [-0.4, -0.2) is 66.7 Å². The topological polar surface area (TPSA) is 134 Å². The Balaban J connectivity index is 1.35. The van der Waals surface area contributed by atoms with Gasteiger partial charge in [-0.05, 0) is 29.2 Å². The fourth-order valence-corrected chi connectivity index (χ4v) is 3.67. The van der Waals surface area contributed by atoms with Crippen molar-refractivity contribution in [3.63, 3.8) is 0 Å². The van der Waals surface area contributed by atoms with Crippen LogP contribution in [0.25, 0.3) is 11.1 Å². The maximum Gasteiger partial charge on any atom is 0.407 e. The summed E-state index contributed by atoms with van der Waals surface area (Å²) in [5.74, 6) is -1.90. The minimum Gasteiger partial charge on any atom is -0.479 e. The molecule has 1 unspecified atom stereocenters. The van der Waals surface area contributed by atoms with Crippen LogP contribution in [0.15, 0.2) is 48.5 Å². The molecule has 0 saturated carbocycles. The van der Waals surface area contributed by atoms with E-state index in [1.165, 1.54) is 6.92 Å². The predicted molar refractivity (Wildman–Crippen MR) is 120 cm³/mol. The van der Waals surface area contributed by atoms with E-state index in [0.717, 1.165) is 22.3 Å². The van der Waals surface area contributed by atoms with Gasteiger partial charge in [-0.2, -0.15) is 0 Å². The van der Waals surface area contributed by atoms with Gasteiger partial charge in [0.05, 0.1) is 19.8 Å². The van der Waals surface area contributed by atoms with E-state index < -0.39 is 30.1 Å². The summed E-state index contributed by atoms with van der Waals surface area (Å²) in [6.07, 6.45) is -0.633. The number of carbonyl (C=O) groups is 3. The monoisotopic (exact) mass is 456 g/mol. The normalized spacial score (nSPS) is 14.0. The number of carboxylic acids is 1. The minimum absolute atomic E-state index is 0.0201. The van der Waals surface area contributed by atoms with Crippen molar-refractivity contribution in [3.05, 3.63) is 59.7 Å². The Morgan fingerprint density at radius 3 is 2.18 bits per heavy atom. The van der Waals surface area contributed by atoms with Crippen molar-refractivity contribution in [2.24, 2.45) is 0 Å². The Morgan fingerprint density at radius 2 is 1.61 bits per heavy atom. The number of hydrogen-bond acceptors (Lipinski definition) is 6. The number of carbonyl (C=O) groups excluding carboxylic acids is 2. The van der Waals surface area contributed by atoms with Gasteiger partial charge >= 0.3 is 12.1 Å². The van der Waals surface area contributed by atoms with E-state index in [1.807, 2.05) is 36.4 Å². The standard InChI is InChI=1S/C24H28N2O7/c1-24(15-27,22(29)30)26-21(28)10-12-32-13-11-25-23(31)33-14-20-18-8-4-2-6-16(18)17-7-3-5-9-19(17)20/h2-9,20,27H,10-15H2,1H3,(H,25,31)(H,26,28)(H,29,30). The zero-order chi connectivity index (χ0) is 23.8. The number of hydrogen-bond donors (Lipinski definition) is 4. The van der Waals surface area contributed by atoms with Gasteiger partial charge in [0.25, 0.3) is 0 Å². The van der Waals surface area contributed by atoms with E-state index in [-0.39, 0.29) is 38.7 Å². The summed E-state index contributed by atoms with van der Waals surface area (Å²) in [6.45, 7) is 1.11. The molecule has 0 bridgehead atoms. The summed E-state index contributed by atoms with van der Waals surface area (Å²) in [7, 11) is 0. The second-order valence-corrected chi connectivity index (χ2v) is 7.96. The molecule has 0 heterocycles. The molecule has 2 aromatic carbocycles. The average Bonchev–Trinajstić information content (AvgIpc) is 3.13. The maximum atomic E-state index is 12.1. The molecule has 0 aromatic heterocycles. The number of benzene rings is 2. The Kier molecular flexibility index (Phi) is 8.02. The first-order valence-corrected chi connectivity index (χ1v) is 10.7. The Hall–Kier alpha value is -3.43. The third kappa shape index (κ3) is 5.88. The summed E-state index contributed by atoms with van der Waals surface area (Å²) in [4.78, 5) is 34.9. The highest BCUT2D eigenvalue weighted by Gasteiger charge is 2.34. The fraction of sp³-hybridized carbons (Fsp3) is 0.375. The van der Waals surface area contributed by atoms with Crippen molar-refractivity contribution in [1.82, 2.24) is 10.6 Å². The van der Waals surface area contributed by atoms with Crippen molar-refractivity contribution in [2.75, 3.05) is 33.0 Å². The molecule has 0 saturated heterocycles. The van der Waals surface area contributed by atoms with Crippen molar-refractivity contribution in [1.29, 1.82) is 0 Å². The quantitative estimate of drug-likeness (QED) is 0.379. The van der Waals surface area contributed by atoms with E-state index in [4.69, 9.17) is 19.7 Å². The van der Waals surface area contributed by atoms with Crippen LogP contribution in [0.3, 0.4) is 0 Å².